The molecule has 1 aromatic heterocycles. The number of rotatable bonds is 4. The topological polar surface area (TPSA) is 40.7 Å². The summed E-state index contributed by atoms with van der Waals surface area (Å²) in [6, 6.07) is 5.49. The van der Waals surface area contributed by atoms with Crippen LogP contribution in [0.5, 0.6) is 0 Å². The molecule has 0 saturated heterocycles. The number of aromatic nitrogens is 2. The lowest BCUT2D eigenvalue weighted by molar-refractivity contribution is 0.575. The Morgan fingerprint density at radius 2 is 2.17 bits per heavy atom. The molecule has 4 heteroatoms. The van der Waals surface area contributed by atoms with Gasteiger partial charge >= 0.3 is 0 Å². The van der Waals surface area contributed by atoms with E-state index in [1.165, 1.54) is 6.07 Å². The molecule has 0 amide bonds. The van der Waals surface area contributed by atoms with Crippen molar-refractivity contribution in [2.45, 2.75) is 33.4 Å². The number of H-pyrrole nitrogens is 1. The number of benzene rings is 1. The van der Waals surface area contributed by atoms with Gasteiger partial charge in [0.2, 0.25) is 0 Å². The molecule has 0 aliphatic rings. The Morgan fingerprint density at radius 1 is 1.39 bits per heavy atom. The van der Waals surface area contributed by atoms with Gasteiger partial charge < -0.3 is 10.3 Å². The molecular weight excluding hydrogens is 229 g/mol. The lowest BCUT2D eigenvalue weighted by Crippen LogP contribution is -2.22. The molecule has 0 saturated carbocycles. The normalized spacial score (nSPS) is 11.2. The summed E-state index contributed by atoms with van der Waals surface area (Å²) in [6.07, 6.45) is 1.78. The predicted octanol–water partition coefficient (Wildman–Crippen LogP) is 3.02. The Balaban J connectivity index is 2.16. The molecule has 3 nitrogen and oxygen atoms in total. The fourth-order valence-electron chi connectivity index (χ4n) is 1.71. The average Bonchev–Trinajstić information content (AvgIpc) is 2.79. The van der Waals surface area contributed by atoms with E-state index in [0.29, 0.717) is 18.2 Å². The van der Waals surface area contributed by atoms with Gasteiger partial charge in [0.1, 0.15) is 11.6 Å². The van der Waals surface area contributed by atoms with Gasteiger partial charge in [-0.1, -0.05) is 13.8 Å². The second kappa shape index (κ2) is 5.31. The zero-order chi connectivity index (χ0) is 13.1. The average molecular weight is 247 g/mol. The third-order valence-corrected chi connectivity index (χ3v) is 2.78. The lowest BCUT2D eigenvalue weighted by atomic mass is 10.1. The van der Waals surface area contributed by atoms with Crippen LogP contribution >= 0.6 is 0 Å². The number of hydrogen-bond acceptors (Lipinski definition) is 2. The lowest BCUT2D eigenvalue weighted by Gasteiger charge is -2.05. The van der Waals surface area contributed by atoms with Crippen LogP contribution in [0.2, 0.25) is 0 Å². The molecule has 2 N–H and O–H groups in total. The van der Waals surface area contributed by atoms with Gasteiger partial charge in [0.15, 0.2) is 0 Å². The summed E-state index contributed by atoms with van der Waals surface area (Å²) in [5.41, 5.74) is 2.51. The first-order chi connectivity index (χ1) is 8.56. The highest BCUT2D eigenvalue weighted by molar-refractivity contribution is 5.59. The standard InChI is InChI=1S/C14H18FN3/c1-9(2)16-8-14-17-7-13(18-14)11-4-5-12(15)10(3)6-11/h4-7,9,16H,8H2,1-3H3,(H,17,18). The fourth-order valence-corrected chi connectivity index (χ4v) is 1.71. The summed E-state index contributed by atoms with van der Waals surface area (Å²) in [7, 11) is 0. The summed E-state index contributed by atoms with van der Waals surface area (Å²) in [4.78, 5) is 7.54. The van der Waals surface area contributed by atoms with E-state index < -0.39 is 0 Å². The molecule has 2 rings (SSSR count). The van der Waals surface area contributed by atoms with Crippen LogP contribution in [-0.2, 0) is 6.54 Å². The van der Waals surface area contributed by atoms with Crippen molar-refractivity contribution in [1.29, 1.82) is 0 Å². The van der Waals surface area contributed by atoms with E-state index >= 15 is 0 Å². The number of nitrogens with zero attached hydrogens (tertiary/aromatic N) is 1. The first-order valence-corrected chi connectivity index (χ1v) is 6.10. The van der Waals surface area contributed by atoms with E-state index in [4.69, 9.17) is 0 Å². The van der Waals surface area contributed by atoms with Crippen LogP contribution in [0, 0.1) is 12.7 Å². The molecule has 0 aliphatic heterocycles. The van der Waals surface area contributed by atoms with Gasteiger partial charge in [-0.25, -0.2) is 9.37 Å². The van der Waals surface area contributed by atoms with Crippen LogP contribution in [0.3, 0.4) is 0 Å². The highest BCUT2D eigenvalue weighted by Crippen LogP contribution is 2.20. The maximum absolute atomic E-state index is 13.2. The zero-order valence-electron chi connectivity index (χ0n) is 10.9. The van der Waals surface area contributed by atoms with Crippen LogP contribution < -0.4 is 5.32 Å². The molecule has 0 bridgehead atoms. The van der Waals surface area contributed by atoms with Gasteiger partial charge in [0.25, 0.3) is 0 Å². The Bertz CT molecular complexity index is 532. The minimum atomic E-state index is -0.181. The highest BCUT2D eigenvalue weighted by Gasteiger charge is 2.05. The van der Waals surface area contributed by atoms with Crippen molar-refractivity contribution in [3.05, 3.63) is 41.6 Å². The summed E-state index contributed by atoms with van der Waals surface area (Å²) >= 11 is 0. The SMILES string of the molecule is Cc1cc(-c2cnc(CNC(C)C)[nH]2)ccc1F. The molecule has 96 valence electrons. The van der Waals surface area contributed by atoms with Gasteiger partial charge in [-0.3, -0.25) is 0 Å². The van der Waals surface area contributed by atoms with E-state index in [1.54, 1.807) is 19.2 Å². The third-order valence-electron chi connectivity index (χ3n) is 2.78. The van der Waals surface area contributed by atoms with E-state index in [1.807, 2.05) is 6.07 Å². The van der Waals surface area contributed by atoms with E-state index in [0.717, 1.165) is 17.1 Å². The first-order valence-electron chi connectivity index (χ1n) is 6.10. The van der Waals surface area contributed by atoms with Crippen LogP contribution in [-0.4, -0.2) is 16.0 Å². The molecule has 1 heterocycles. The molecule has 0 unspecified atom stereocenters. The van der Waals surface area contributed by atoms with Crippen molar-refractivity contribution in [3.63, 3.8) is 0 Å². The Kier molecular flexibility index (Phi) is 3.77. The molecule has 0 radical (unpaired) electrons. The minimum Gasteiger partial charge on any atom is -0.341 e. The van der Waals surface area contributed by atoms with E-state index in [-0.39, 0.29) is 5.82 Å². The van der Waals surface area contributed by atoms with Crippen LogP contribution in [0.1, 0.15) is 25.2 Å². The van der Waals surface area contributed by atoms with Crippen LogP contribution in [0.25, 0.3) is 11.3 Å². The number of nitrogens with one attached hydrogen (secondary N) is 2. The Morgan fingerprint density at radius 3 is 2.83 bits per heavy atom. The predicted molar refractivity (Wildman–Crippen MR) is 70.7 cm³/mol. The van der Waals surface area contributed by atoms with Gasteiger partial charge in [0.05, 0.1) is 18.4 Å². The number of halogens is 1. The van der Waals surface area contributed by atoms with Crippen molar-refractivity contribution in [2.75, 3.05) is 0 Å². The highest BCUT2D eigenvalue weighted by atomic mass is 19.1. The van der Waals surface area contributed by atoms with Crippen molar-refractivity contribution < 1.29 is 4.39 Å². The van der Waals surface area contributed by atoms with E-state index in [9.17, 15) is 4.39 Å². The number of aromatic amines is 1. The van der Waals surface area contributed by atoms with Crippen LogP contribution in [0.15, 0.2) is 24.4 Å². The quantitative estimate of drug-likeness (QED) is 0.872. The van der Waals surface area contributed by atoms with Gasteiger partial charge in [-0.2, -0.15) is 0 Å². The summed E-state index contributed by atoms with van der Waals surface area (Å²) < 4.78 is 13.2. The Hall–Kier alpha value is -1.68. The number of hydrogen-bond donors (Lipinski definition) is 2. The van der Waals surface area contributed by atoms with Gasteiger partial charge in [-0.05, 0) is 30.7 Å². The number of imidazole rings is 1. The minimum absolute atomic E-state index is 0.181. The Labute approximate surface area is 106 Å². The molecule has 0 atom stereocenters. The number of aryl methyl sites for hydroxylation is 1. The second-order valence-electron chi connectivity index (χ2n) is 4.74. The van der Waals surface area contributed by atoms with Gasteiger partial charge in [0, 0.05) is 11.6 Å². The summed E-state index contributed by atoms with van der Waals surface area (Å²) in [5.74, 6) is 0.709. The molecule has 0 aliphatic carbocycles. The third kappa shape index (κ3) is 2.96. The van der Waals surface area contributed by atoms with Crippen molar-refractivity contribution in [3.8, 4) is 11.3 Å². The second-order valence-corrected chi connectivity index (χ2v) is 4.74. The van der Waals surface area contributed by atoms with Crippen molar-refractivity contribution in [2.24, 2.45) is 0 Å². The molecular formula is C14H18FN3. The van der Waals surface area contributed by atoms with Gasteiger partial charge in [-0.15, -0.1) is 0 Å². The molecule has 1 aromatic carbocycles. The first kappa shape index (κ1) is 12.8. The smallest absolute Gasteiger partial charge is 0.126 e. The maximum atomic E-state index is 13.2. The van der Waals surface area contributed by atoms with Crippen molar-refractivity contribution in [1.82, 2.24) is 15.3 Å². The largest absolute Gasteiger partial charge is 0.341 e. The summed E-state index contributed by atoms with van der Waals surface area (Å²) in [6.45, 7) is 6.65. The molecule has 18 heavy (non-hydrogen) atoms. The van der Waals surface area contributed by atoms with E-state index in [2.05, 4.69) is 29.1 Å². The molecule has 2 aromatic rings. The maximum Gasteiger partial charge on any atom is 0.126 e. The van der Waals surface area contributed by atoms with Crippen LogP contribution in [0.4, 0.5) is 4.39 Å². The molecule has 0 fully saturated rings. The molecule has 0 spiro atoms. The monoisotopic (exact) mass is 247 g/mol. The van der Waals surface area contributed by atoms with Crippen molar-refractivity contribution >= 4 is 0 Å². The zero-order valence-corrected chi connectivity index (χ0v) is 10.9. The fraction of sp³-hybridized carbons (Fsp3) is 0.357. The summed E-state index contributed by atoms with van der Waals surface area (Å²) in [5, 5.41) is 3.29.